The first-order chi connectivity index (χ1) is 11.2. The van der Waals surface area contributed by atoms with Crippen molar-refractivity contribution >= 4 is 28.6 Å². The number of ether oxygens (including phenoxy) is 1. The molecule has 1 atom stereocenters. The average Bonchev–Trinajstić information content (AvgIpc) is 2.56. The van der Waals surface area contributed by atoms with Crippen molar-refractivity contribution < 1.29 is 14.6 Å². The van der Waals surface area contributed by atoms with Gasteiger partial charge in [-0.2, -0.15) is 0 Å². The first kappa shape index (κ1) is 23.2. The SMILES string of the molecule is CCCCCCCCCCCCCCCC(=O)OC[C@@H](O)CI. The maximum absolute atomic E-state index is 11.4. The number of halogens is 1. The predicted molar refractivity (Wildman–Crippen MR) is 106 cm³/mol. The van der Waals surface area contributed by atoms with Gasteiger partial charge in [0.15, 0.2) is 0 Å². The lowest BCUT2D eigenvalue weighted by molar-refractivity contribution is -0.146. The summed E-state index contributed by atoms with van der Waals surface area (Å²) < 4.78 is 5.61. The molecule has 1 N–H and O–H groups in total. The summed E-state index contributed by atoms with van der Waals surface area (Å²) in [5.74, 6) is -0.169. The molecule has 0 saturated carbocycles. The van der Waals surface area contributed by atoms with E-state index in [1.54, 1.807) is 0 Å². The first-order valence-corrected chi connectivity index (χ1v) is 11.1. The Labute approximate surface area is 157 Å². The van der Waals surface area contributed by atoms with Crippen LogP contribution in [0.1, 0.15) is 96.8 Å². The summed E-state index contributed by atoms with van der Waals surface area (Å²) in [7, 11) is 0. The second-order valence-corrected chi connectivity index (χ2v) is 7.36. The van der Waals surface area contributed by atoms with E-state index in [0.717, 1.165) is 12.8 Å². The smallest absolute Gasteiger partial charge is 0.305 e. The van der Waals surface area contributed by atoms with Gasteiger partial charge in [0.2, 0.25) is 0 Å². The second kappa shape index (κ2) is 18.5. The highest BCUT2D eigenvalue weighted by molar-refractivity contribution is 14.1. The third-order valence-electron chi connectivity index (χ3n) is 4.10. The molecule has 138 valence electrons. The Kier molecular flexibility index (Phi) is 18.6. The van der Waals surface area contributed by atoms with Crippen molar-refractivity contribution in [1.29, 1.82) is 0 Å². The summed E-state index contributed by atoms with van der Waals surface area (Å²) in [6.07, 6.45) is 17.0. The van der Waals surface area contributed by atoms with Crippen LogP contribution in [0.25, 0.3) is 0 Å². The van der Waals surface area contributed by atoms with Gasteiger partial charge in [-0.15, -0.1) is 0 Å². The van der Waals surface area contributed by atoms with E-state index in [-0.39, 0.29) is 12.6 Å². The van der Waals surface area contributed by atoms with Crippen molar-refractivity contribution in [1.82, 2.24) is 0 Å². The number of hydrogen-bond donors (Lipinski definition) is 1. The van der Waals surface area contributed by atoms with Gasteiger partial charge in [-0.1, -0.05) is 107 Å². The van der Waals surface area contributed by atoms with Crippen LogP contribution in [0, 0.1) is 0 Å². The lowest BCUT2D eigenvalue weighted by atomic mass is 10.0. The zero-order chi connectivity index (χ0) is 17.2. The van der Waals surface area contributed by atoms with E-state index in [9.17, 15) is 9.90 Å². The summed E-state index contributed by atoms with van der Waals surface area (Å²) in [6.45, 7) is 2.40. The molecule has 0 aromatic rings. The van der Waals surface area contributed by atoms with Crippen LogP contribution in [-0.2, 0) is 9.53 Å². The molecule has 0 heterocycles. The van der Waals surface area contributed by atoms with Crippen LogP contribution in [0.5, 0.6) is 0 Å². The number of alkyl halides is 1. The zero-order valence-electron chi connectivity index (χ0n) is 15.0. The highest BCUT2D eigenvalue weighted by Crippen LogP contribution is 2.13. The Morgan fingerprint density at radius 1 is 0.870 bits per heavy atom. The van der Waals surface area contributed by atoms with E-state index in [4.69, 9.17) is 4.74 Å². The van der Waals surface area contributed by atoms with E-state index < -0.39 is 6.10 Å². The summed E-state index contributed by atoms with van der Waals surface area (Å²) in [5, 5.41) is 9.31. The number of unbranched alkanes of at least 4 members (excludes halogenated alkanes) is 12. The summed E-state index contributed by atoms with van der Waals surface area (Å²) in [4.78, 5) is 11.4. The quantitative estimate of drug-likeness (QED) is 0.134. The molecule has 0 unspecified atom stereocenters. The third kappa shape index (κ3) is 18.3. The normalized spacial score (nSPS) is 12.3. The fourth-order valence-corrected chi connectivity index (χ4v) is 2.85. The maximum atomic E-state index is 11.4. The fourth-order valence-electron chi connectivity index (χ4n) is 2.59. The fraction of sp³-hybridized carbons (Fsp3) is 0.947. The number of carbonyl (C=O) groups is 1. The van der Waals surface area contributed by atoms with Gasteiger partial charge in [-0.05, 0) is 6.42 Å². The minimum absolute atomic E-state index is 0.139. The zero-order valence-corrected chi connectivity index (χ0v) is 17.2. The number of aliphatic hydroxyl groups is 1. The molecule has 23 heavy (non-hydrogen) atoms. The Hall–Kier alpha value is 0.160. The monoisotopic (exact) mass is 440 g/mol. The van der Waals surface area contributed by atoms with Crippen LogP contribution < -0.4 is 0 Å². The molecular formula is C19H37IO3. The van der Waals surface area contributed by atoms with Gasteiger partial charge < -0.3 is 9.84 Å². The topological polar surface area (TPSA) is 46.5 Å². The van der Waals surface area contributed by atoms with E-state index in [1.165, 1.54) is 70.6 Å². The highest BCUT2D eigenvalue weighted by atomic mass is 127. The molecule has 0 aliphatic rings. The molecule has 0 aliphatic heterocycles. The summed E-state index contributed by atoms with van der Waals surface area (Å²) in [5.41, 5.74) is 0. The summed E-state index contributed by atoms with van der Waals surface area (Å²) >= 11 is 2.08. The van der Waals surface area contributed by atoms with Gasteiger partial charge in [0.25, 0.3) is 0 Å². The van der Waals surface area contributed by atoms with Crippen LogP contribution >= 0.6 is 22.6 Å². The van der Waals surface area contributed by atoms with E-state index in [1.807, 2.05) is 0 Å². The number of esters is 1. The van der Waals surface area contributed by atoms with Crippen LogP contribution in [-0.4, -0.2) is 28.2 Å². The van der Waals surface area contributed by atoms with Crippen molar-refractivity contribution in [3.05, 3.63) is 0 Å². The number of carbonyl (C=O) groups excluding carboxylic acids is 1. The molecule has 0 aromatic carbocycles. The van der Waals surface area contributed by atoms with Gasteiger partial charge in [0.05, 0.1) is 6.10 Å². The van der Waals surface area contributed by atoms with Crippen molar-refractivity contribution in [2.24, 2.45) is 0 Å². The Morgan fingerprint density at radius 3 is 1.74 bits per heavy atom. The largest absolute Gasteiger partial charge is 0.463 e. The molecule has 0 radical (unpaired) electrons. The first-order valence-electron chi connectivity index (χ1n) is 9.60. The molecule has 0 fully saturated rings. The molecule has 0 amide bonds. The average molecular weight is 440 g/mol. The lowest BCUT2D eigenvalue weighted by Gasteiger charge is -2.08. The van der Waals surface area contributed by atoms with Crippen molar-refractivity contribution in [2.45, 2.75) is 103 Å². The second-order valence-electron chi connectivity index (χ2n) is 6.48. The van der Waals surface area contributed by atoms with Gasteiger partial charge in [0, 0.05) is 10.8 Å². The van der Waals surface area contributed by atoms with Gasteiger partial charge in [-0.25, -0.2) is 0 Å². The molecule has 0 aromatic heterocycles. The minimum atomic E-state index is -0.522. The molecule has 0 rings (SSSR count). The molecule has 4 heteroatoms. The molecule has 0 aliphatic carbocycles. The number of hydrogen-bond acceptors (Lipinski definition) is 3. The Morgan fingerprint density at radius 2 is 1.30 bits per heavy atom. The molecular weight excluding hydrogens is 403 g/mol. The Bertz CT molecular complexity index is 259. The van der Waals surface area contributed by atoms with Crippen LogP contribution in [0.15, 0.2) is 0 Å². The van der Waals surface area contributed by atoms with Crippen molar-refractivity contribution in [3.8, 4) is 0 Å². The summed E-state index contributed by atoms with van der Waals surface area (Å²) in [6, 6.07) is 0. The standard InChI is InChI=1S/C19H37IO3/c1-2-3-4-5-6-7-8-9-10-11-12-13-14-15-19(22)23-17-18(21)16-20/h18,21H,2-17H2,1H3/t18-/m0/s1. The van der Waals surface area contributed by atoms with Gasteiger partial charge in [-0.3, -0.25) is 4.79 Å². The lowest BCUT2D eigenvalue weighted by Crippen LogP contribution is -2.19. The molecule has 0 bridgehead atoms. The van der Waals surface area contributed by atoms with Crippen molar-refractivity contribution in [2.75, 3.05) is 11.0 Å². The number of aliphatic hydroxyl groups excluding tert-OH is 1. The molecule has 0 spiro atoms. The van der Waals surface area contributed by atoms with Crippen LogP contribution in [0.4, 0.5) is 0 Å². The van der Waals surface area contributed by atoms with E-state index >= 15 is 0 Å². The minimum Gasteiger partial charge on any atom is -0.463 e. The van der Waals surface area contributed by atoms with E-state index in [0.29, 0.717) is 10.8 Å². The number of rotatable bonds is 17. The molecule has 3 nitrogen and oxygen atoms in total. The third-order valence-corrected chi connectivity index (χ3v) is 5.12. The predicted octanol–water partition coefficient (Wildman–Crippen LogP) is 5.81. The Balaban J connectivity index is 3.14. The van der Waals surface area contributed by atoms with E-state index in [2.05, 4.69) is 29.5 Å². The van der Waals surface area contributed by atoms with Crippen LogP contribution in [0.3, 0.4) is 0 Å². The van der Waals surface area contributed by atoms with Crippen molar-refractivity contribution in [3.63, 3.8) is 0 Å². The maximum Gasteiger partial charge on any atom is 0.305 e. The van der Waals surface area contributed by atoms with Gasteiger partial charge in [0.1, 0.15) is 6.61 Å². The van der Waals surface area contributed by atoms with Crippen LogP contribution in [0.2, 0.25) is 0 Å². The van der Waals surface area contributed by atoms with Gasteiger partial charge >= 0.3 is 5.97 Å². The molecule has 0 saturated heterocycles. The highest BCUT2D eigenvalue weighted by Gasteiger charge is 2.07.